The molecule has 1 saturated heterocycles. The first-order valence-electron chi connectivity index (χ1n) is 7.00. The number of aryl methyl sites for hydroxylation is 1. The van der Waals surface area contributed by atoms with Crippen LogP contribution in [0.1, 0.15) is 12.5 Å². The first-order valence-corrected chi connectivity index (χ1v) is 7.00. The molecule has 1 unspecified atom stereocenters. The third-order valence-corrected chi connectivity index (χ3v) is 4.59. The van der Waals surface area contributed by atoms with Crippen molar-refractivity contribution < 1.29 is 0 Å². The third-order valence-electron chi connectivity index (χ3n) is 4.59. The minimum absolute atomic E-state index is 0.433. The summed E-state index contributed by atoms with van der Waals surface area (Å²) in [6.07, 6.45) is 3.72. The van der Waals surface area contributed by atoms with Crippen LogP contribution in [0.15, 0.2) is 42.6 Å². The van der Waals surface area contributed by atoms with E-state index in [-0.39, 0.29) is 0 Å². The lowest BCUT2D eigenvalue weighted by atomic mass is 10.00. The van der Waals surface area contributed by atoms with Crippen molar-refractivity contribution in [3.8, 4) is 0 Å². The minimum atomic E-state index is 0.433. The lowest BCUT2D eigenvalue weighted by Gasteiger charge is -2.29. The highest BCUT2D eigenvalue weighted by Crippen LogP contribution is 2.39. The van der Waals surface area contributed by atoms with Crippen molar-refractivity contribution in [2.45, 2.75) is 25.6 Å². The summed E-state index contributed by atoms with van der Waals surface area (Å²) in [4.78, 5) is 5.11. The molecule has 0 radical (unpaired) electrons. The molecule has 2 aliphatic rings. The molecule has 1 aromatic heterocycles. The number of benzene rings is 1. The first kappa shape index (κ1) is 11.0. The molecule has 2 aliphatic heterocycles. The lowest BCUT2D eigenvalue weighted by Crippen LogP contribution is -2.38. The van der Waals surface area contributed by atoms with Gasteiger partial charge in [0.25, 0.3) is 0 Å². The van der Waals surface area contributed by atoms with Gasteiger partial charge >= 0.3 is 0 Å². The minimum Gasteiger partial charge on any atom is -0.349 e. The van der Waals surface area contributed by atoms with Gasteiger partial charge in [0.2, 0.25) is 0 Å². The molecule has 1 fully saturated rings. The normalized spacial score (nSPS) is 24.7. The van der Waals surface area contributed by atoms with E-state index in [0.717, 1.165) is 13.0 Å². The maximum atomic E-state index is 2.57. The van der Waals surface area contributed by atoms with E-state index >= 15 is 0 Å². The van der Waals surface area contributed by atoms with Crippen LogP contribution in [0.5, 0.6) is 0 Å². The van der Waals surface area contributed by atoms with Crippen molar-refractivity contribution in [1.82, 2.24) is 4.57 Å². The van der Waals surface area contributed by atoms with Crippen molar-refractivity contribution in [3.05, 3.63) is 48.2 Å². The molecule has 2 aromatic rings. The Morgan fingerprint density at radius 2 is 1.95 bits per heavy atom. The second-order valence-electron chi connectivity index (χ2n) is 5.66. The van der Waals surface area contributed by atoms with E-state index in [1.54, 1.807) is 0 Å². The van der Waals surface area contributed by atoms with Gasteiger partial charge in [0.15, 0.2) is 0 Å². The summed E-state index contributed by atoms with van der Waals surface area (Å²) in [6.45, 7) is 3.46. The topological polar surface area (TPSA) is 11.4 Å². The van der Waals surface area contributed by atoms with Crippen LogP contribution in [0.3, 0.4) is 0 Å². The Kier molecular flexibility index (Phi) is 2.19. The first-order chi connectivity index (χ1) is 9.25. The van der Waals surface area contributed by atoms with Gasteiger partial charge in [0.05, 0.1) is 6.04 Å². The van der Waals surface area contributed by atoms with Gasteiger partial charge < -0.3 is 14.4 Å². The van der Waals surface area contributed by atoms with Crippen molar-refractivity contribution in [3.63, 3.8) is 0 Å². The van der Waals surface area contributed by atoms with Crippen LogP contribution >= 0.6 is 0 Å². The number of fused-ring (bicyclic) bond motifs is 4. The maximum absolute atomic E-state index is 2.57. The zero-order chi connectivity index (χ0) is 13.0. The van der Waals surface area contributed by atoms with Gasteiger partial charge in [-0.15, -0.1) is 0 Å². The standard InChI is InChI=1S/C16H19N3/c1-12-18-11-14(10-13-6-3-4-7-15(13)18)19(12)16-8-5-9-17(16)2/h3-9,12,14H,10-11H2,1-2H3/t12-,14?/m0/s1. The summed E-state index contributed by atoms with van der Waals surface area (Å²) in [5.74, 6) is 1.33. The second-order valence-corrected chi connectivity index (χ2v) is 5.66. The van der Waals surface area contributed by atoms with Gasteiger partial charge in [-0.05, 0) is 37.1 Å². The summed E-state index contributed by atoms with van der Waals surface area (Å²) in [6, 6.07) is 13.8. The Morgan fingerprint density at radius 1 is 1.11 bits per heavy atom. The fraction of sp³-hybridized carbons (Fsp3) is 0.375. The fourth-order valence-corrected chi connectivity index (χ4v) is 3.70. The molecule has 0 saturated carbocycles. The van der Waals surface area contributed by atoms with E-state index in [4.69, 9.17) is 0 Å². The molecule has 0 amide bonds. The Balaban J connectivity index is 1.79. The van der Waals surface area contributed by atoms with Crippen LogP contribution in [0.4, 0.5) is 11.5 Å². The van der Waals surface area contributed by atoms with Crippen LogP contribution in [0.2, 0.25) is 0 Å². The maximum Gasteiger partial charge on any atom is 0.110 e. The second kappa shape index (κ2) is 3.80. The Labute approximate surface area is 114 Å². The van der Waals surface area contributed by atoms with Gasteiger partial charge in [-0.25, -0.2) is 0 Å². The van der Waals surface area contributed by atoms with E-state index in [0.29, 0.717) is 12.2 Å². The molecule has 3 heteroatoms. The smallest absolute Gasteiger partial charge is 0.110 e. The summed E-state index contributed by atoms with van der Waals surface area (Å²) in [5, 5.41) is 0. The Morgan fingerprint density at radius 3 is 2.74 bits per heavy atom. The SMILES string of the molecule is C[C@H]1N2CC(Cc3ccccc32)N1c1cccn1C. The number of hydrogen-bond donors (Lipinski definition) is 0. The number of nitrogens with zero attached hydrogens (tertiary/aromatic N) is 3. The molecule has 3 heterocycles. The molecular weight excluding hydrogens is 234 g/mol. The highest BCUT2D eigenvalue weighted by Gasteiger charge is 2.41. The summed E-state index contributed by atoms with van der Waals surface area (Å²) >= 11 is 0. The molecule has 4 rings (SSSR count). The molecule has 2 atom stereocenters. The van der Waals surface area contributed by atoms with Crippen LogP contribution in [0, 0.1) is 0 Å². The van der Waals surface area contributed by atoms with Crippen LogP contribution < -0.4 is 9.80 Å². The van der Waals surface area contributed by atoms with Gasteiger partial charge in [-0.2, -0.15) is 0 Å². The van der Waals surface area contributed by atoms with Gasteiger partial charge in [-0.3, -0.25) is 0 Å². The summed E-state index contributed by atoms with van der Waals surface area (Å²) in [7, 11) is 2.13. The highest BCUT2D eigenvalue weighted by molar-refractivity contribution is 5.63. The van der Waals surface area contributed by atoms with Gasteiger partial charge in [0, 0.05) is 25.5 Å². The van der Waals surface area contributed by atoms with Gasteiger partial charge in [0.1, 0.15) is 12.0 Å². The monoisotopic (exact) mass is 253 g/mol. The van der Waals surface area contributed by atoms with Crippen LogP contribution in [-0.4, -0.2) is 23.3 Å². The zero-order valence-electron chi connectivity index (χ0n) is 11.5. The van der Waals surface area contributed by atoms with Crippen molar-refractivity contribution >= 4 is 11.5 Å². The molecular formula is C16H19N3. The van der Waals surface area contributed by atoms with Crippen molar-refractivity contribution in [1.29, 1.82) is 0 Å². The van der Waals surface area contributed by atoms with E-state index in [1.165, 1.54) is 17.1 Å². The zero-order valence-corrected chi connectivity index (χ0v) is 11.5. The molecule has 0 spiro atoms. The molecule has 98 valence electrons. The lowest BCUT2D eigenvalue weighted by molar-refractivity contribution is 0.642. The van der Waals surface area contributed by atoms with E-state index in [2.05, 4.69) is 70.9 Å². The molecule has 3 nitrogen and oxygen atoms in total. The Bertz CT molecular complexity index is 614. The van der Waals surface area contributed by atoms with E-state index in [1.807, 2.05) is 0 Å². The number of aromatic nitrogens is 1. The highest BCUT2D eigenvalue weighted by atomic mass is 15.5. The van der Waals surface area contributed by atoms with E-state index < -0.39 is 0 Å². The molecule has 0 aliphatic carbocycles. The summed E-state index contributed by atoms with van der Waals surface area (Å²) in [5.41, 5.74) is 2.91. The quantitative estimate of drug-likeness (QED) is 0.774. The number of anilines is 2. The predicted molar refractivity (Wildman–Crippen MR) is 78.6 cm³/mol. The van der Waals surface area contributed by atoms with Gasteiger partial charge in [-0.1, -0.05) is 18.2 Å². The van der Waals surface area contributed by atoms with Crippen LogP contribution in [-0.2, 0) is 13.5 Å². The summed E-state index contributed by atoms with van der Waals surface area (Å²) < 4.78 is 2.23. The Hall–Kier alpha value is -1.90. The van der Waals surface area contributed by atoms with Crippen molar-refractivity contribution in [2.24, 2.45) is 7.05 Å². The largest absolute Gasteiger partial charge is 0.349 e. The molecule has 1 aromatic carbocycles. The molecule has 2 bridgehead atoms. The number of rotatable bonds is 1. The number of para-hydroxylation sites is 1. The fourth-order valence-electron chi connectivity index (χ4n) is 3.70. The van der Waals surface area contributed by atoms with E-state index in [9.17, 15) is 0 Å². The number of hydrogen-bond acceptors (Lipinski definition) is 2. The predicted octanol–water partition coefficient (Wildman–Crippen LogP) is 2.62. The molecule has 19 heavy (non-hydrogen) atoms. The average Bonchev–Trinajstić information content (AvgIpc) is 2.94. The third kappa shape index (κ3) is 1.44. The average molecular weight is 253 g/mol. The van der Waals surface area contributed by atoms with Crippen LogP contribution in [0.25, 0.3) is 0 Å². The van der Waals surface area contributed by atoms with Crippen molar-refractivity contribution in [2.75, 3.05) is 16.3 Å². The molecule has 0 N–H and O–H groups in total.